The summed E-state index contributed by atoms with van der Waals surface area (Å²) < 4.78 is 5.55. The molecule has 0 radical (unpaired) electrons. The van der Waals surface area contributed by atoms with Crippen LogP contribution in [0.5, 0.6) is 0 Å². The fourth-order valence-corrected chi connectivity index (χ4v) is 4.79. The number of alkyl carbamates (subject to hydrolysis) is 1. The standard InChI is InChI=1S/C27H32N2O5/c1-16(2)17(12-25(30)31)13-28-26(32)23-11-18(23)14-29-27(33)34-15-24-21-9-5-3-7-19(21)20-8-4-6-10-22(20)24/h3-10,16-18,23-24H,11-15H2,1-2H3,(H,28,32)(H,29,33)(H,30,31)/t17?,18-,23-/m0/s1. The van der Waals surface area contributed by atoms with Crippen LogP contribution in [0.4, 0.5) is 4.79 Å². The summed E-state index contributed by atoms with van der Waals surface area (Å²) in [5.41, 5.74) is 4.69. The molecule has 0 bridgehead atoms. The predicted octanol–water partition coefficient (Wildman–Crippen LogP) is 4.02. The van der Waals surface area contributed by atoms with Gasteiger partial charge in [0.25, 0.3) is 0 Å². The van der Waals surface area contributed by atoms with Crippen LogP contribution >= 0.6 is 0 Å². The summed E-state index contributed by atoms with van der Waals surface area (Å²) >= 11 is 0. The summed E-state index contributed by atoms with van der Waals surface area (Å²) in [5.74, 6) is -0.916. The maximum absolute atomic E-state index is 12.4. The van der Waals surface area contributed by atoms with Crippen LogP contribution in [0.2, 0.25) is 0 Å². The van der Waals surface area contributed by atoms with Gasteiger partial charge in [0.2, 0.25) is 5.91 Å². The highest BCUT2D eigenvalue weighted by molar-refractivity contribution is 5.82. The number of fused-ring (bicyclic) bond motifs is 3. The molecule has 3 atom stereocenters. The highest BCUT2D eigenvalue weighted by atomic mass is 16.5. The molecule has 0 saturated heterocycles. The first-order valence-electron chi connectivity index (χ1n) is 11.9. The Balaban J connectivity index is 1.21. The zero-order valence-corrected chi connectivity index (χ0v) is 19.6. The van der Waals surface area contributed by atoms with E-state index in [4.69, 9.17) is 9.84 Å². The van der Waals surface area contributed by atoms with E-state index in [1.165, 1.54) is 11.1 Å². The van der Waals surface area contributed by atoms with Crippen molar-refractivity contribution in [3.8, 4) is 11.1 Å². The number of nitrogens with one attached hydrogen (secondary N) is 2. The minimum atomic E-state index is -0.857. The molecule has 4 rings (SSSR count). The topological polar surface area (TPSA) is 105 Å². The molecular weight excluding hydrogens is 432 g/mol. The fraction of sp³-hybridized carbons (Fsp3) is 0.444. The maximum Gasteiger partial charge on any atom is 0.407 e. The van der Waals surface area contributed by atoms with Gasteiger partial charge in [-0.2, -0.15) is 0 Å². The molecule has 7 heteroatoms. The first-order valence-corrected chi connectivity index (χ1v) is 11.9. The molecule has 3 N–H and O–H groups in total. The van der Waals surface area contributed by atoms with Gasteiger partial charge in [-0.15, -0.1) is 0 Å². The SMILES string of the molecule is CC(C)C(CNC(=O)[C@H]1C[C@H]1CNC(=O)OCC1c2ccccc2-c2ccccc21)CC(=O)O. The van der Waals surface area contributed by atoms with E-state index < -0.39 is 12.1 Å². The zero-order valence-electron chi connectivity index (χ0n) is 19.6. The summed E-state index contributed by atoms with van der Waals surface area (Å²) in [6.07, 6.45) is 0.269. The van der Waals surface area contributed by atoms with Gasteiger partial charge in [-0.25, -0.2) is 4.79 Å². The number of carboxylic acid groups (broad SMARTS) is 1. The van der Waals surface area contributed by atoms with Crippen LogP contribution in [0.25, 0.3) is 11.1 Å². The van der Waals surface area contributed by atoms with Crippen LogP contribution < -0.4 is 10.6 Å². The molecule has 1 unspecified atom stereocenters. The van der Waals surface area contributed by atoms with E-state index in [1.807, 2.05) is 38.1 Å². The highest BCUT2D eigenvalue weighted by Crippen LogP contribution is 2.44. The van der Waals surface area contributed by atoms with Gasteiger partial charge in [0, 0.05) is 24.9 Å². The van der Waals surface area contributed by atoms with E-state index >= 15 is 0 Å². The quantitative estimate of drug-likeness (QED) is 0.493. The Morgan fingerprint density at radius 3 is 2.21 bits per heavy atom. The molecule has 2 aliphatic carbocycles. The molecule has 1 fully saturated rings. The molecule has 0 aromatic heterocycles. The van der Waals surface area contributed by atoms with E-state index in [0.29, 0.717) is 19.5 Å². The average molecular weight is 465 g/mol. The van der Waals surface area contributed by atoms with Gasteiger partial charge < -0.3 is 20.5 Å². The Morgan fingerprint density at radius 1 is 1.00 bits per heavy atom. The second-order valence-electron chi connectivity index (χ2n) is 9.66. The van der Waals surface area contributed by atoms with Gasteiger partial charge in [-0.1, -0.05) is 62.4 Å². The van der Waals surface area contributed by atoms with Gasteiger partial charge >= 0.3 is 12.1 Å². The van der Waals surface area contributed by atoms with E-state index in [0.717, 1.165) is 11.1 Å². The summed E-state index contributed by atoms with van der Waals surface area (Å²) in [4.78, 5) is 35.7. The van der Waals surface area contributed by atoms with Crippen LogP contribution in [0.3, 0.4) is 0 Å². The van der Waals surface area contributed by atoms with Crippen molar-refractivity contribution in [3.63, 3.8) is 0 Å². The number of ether oxygens (including phenoxy) is 1. The van der Waals surface area contributed by atoms with E-state index in [2.05, 4.69) is 34.9 Å². The molecule has 2 aliphatic rings. The van der Waals surface area contributed by atoms with Crippen molar-refractivity contribution >= 4 is 18.0 Å². The molecule has 2 amide bonds. The number of hydrogen-bond acceptors (Lipinski definition) is 4. The Morgan fingerprint density at radius 2 is 1.62 bits per heavy atom. The summed E-state index contributed by atoms with van der Waals surface area (Å²) in [6, 6.07) is 16.4. The third kappa shape index (κ3) is 5.41. The molecule has 2 aromatic carbocycles. The summed E-state index contributed by atoms with van der Waals surface area (Å²) in [6.45, 7) is 4.91. The van der Waals surface area contributed by atoms with Gasteiger partial charge in [0.1, 0.15) is 6.61 Å². The molecule has 180 valence electrons. The van der Waals surface area contributed by atoms with Crippen molar-refractivity contribution in [2.45, 2.75) is 32.6 Å². The molecule has 7 nitrogen and oxygen atoms in total. The lowest BCUT2D eigenvalue weighted by atomic mass is 9.92. The largest absolute Gasteiger partial charge is 0.481 e. The van der Waals surface area contributed by atoms with Crippen molar-refractivity contribution in [2.24, 2.45) is 23.7 Å². The monoisotopic (exact) mass is 464 g/mol. The number of amides is 2. The second kappa shape index (κ2) is 10.3. The normalized spacial score (nSPS) is 19.1. The molecule has 0 heterocycles. The smallest absolute Gasteiger partial charge is 0.407 e. The molecule has 1 saturated carbocycles. The van der Waals surface area contributed by atoms with Crippen molar-refractivity contribution in [1.82, 2.24) is 10.6 Å². The van der Waals surface area contributed by atoms with Crippen LogP contribution in [-0.2, 0) is 14.3 Å². The van der Waals surface area contributed by atoms with Gasteiger partial charge in [-0.3, -0.25) is 9.59 Å². The van der Waals surface area contributed by atoms with Crippen LogP contribution in [-0.4, -0.2) is 42.8 Å². The van der Waals surface area contributed by atoms with Crippen molar-refractivity contribution in [1.29, 1.82) is 0 Å². The van der Waals surface area contributed by atoms with Crippen molar-refractivity contribution in [2.75, 3.05) is 19.7 Å². The number of carboxylic acids is 1. The van der Waals surface area contributed by atoms with Crippen LogP contribution in [0.1, 0.15) is 43.7 Å². The number of aliphatic carboxylic acids is 1. The Hall–Kier alpha value is -3.35. The first-order chi connectivity index (χ1) is 16.3. The lowest BCUT2D eigenvalue weighted by Crippen LogP contribution is -2.34. The molecule has 0 spiro atoms. The fourth-order valence-electron chi connectivity index (χ4n) is 4.79. The molecule has 2 aromatic rings. The third-order valence-corrected chi connectivity index (χ3v) is 7.03. The Kier molecular flexibility index (Phi) is 7.20. The lowest BCUT2D eigenvalue weighted by Gasteiger charge is -2.19. The first kappa shape index (κ1) is 23.8. The van der Waals surface area contributed by atoms with Crippen LogP contribution in [0, 0.1) is 23.7 Å². The van der Waals surface area contributed by atoms with Crippen LogP contribution in [0.15, 0.2) is 48.5 Å². The van der Waals surface area contributed by atoms with Gasteiger partial charge in [0.05, 0.1) is 6.42 Å². The van der Waals surface area contributed by atoms with Crippen molar-refractivity contribution < 1.29 is 24.2 Å². The molecule has 34 heavy (non-hydrogen) atoms. The summed E-state index contributed by atoms with van der Waals surface area (Å²) in [5, 5.41) is 14.7. The maximum atomic E-state index is 12.4. The number of carbonyl (C=O) groups excluding carboxylic acids is 2. The second-order valence-corrected chi connectivity index (χ2v) is 9.66. The highest BCUT2D eigenvalue weighted by Gasteiger charge is 2.43. The third-order valence-electron chi connectivity index (χ3n) is 7.03. The minimum Gasteiger partial charge on any atom is -0.481 e. The minimum absolute atomic E-state index is 0.0114. The van der Waals surface area contributed by atoms with E-state index in [1.54, 1.807) is 0 Å². The Bertz CT molecular complexity index is 1020. The Labute approximate surface area is 199 Å². The summed E-state index contributed by atoms with van der Waals surface area (Å²) in [7, 11) is 0. The predicted molar refractivity (Wildman–Crippen MR) is 128 cm³/mol. The average Bonchev–Trinajstić information content (AvgIpc) is 3.53. The van der Waals surface area contributed by atoms with Gasteiger partial charge in [0.15, 0.2) is 0 Å². The number of rotatable bonds is 10. The number of benzene rings is 2. The van der Waals surface area contributed by atoms with Gasteiger partial charge in [-0.05, 0) is 46.4 Å². The van der Waals surface area contributed by atoms with E-state index in [9.17, 15) is 14.4 Å². The lowest BCUT2D eigenvalue weighted by molar-refractivity contribution is -0.138. The van der Waals surface area contributed by atoms with E-state index in [-0.39, 0.29) is 48.5 Å². The van der Waals surface area contributed by atoms with Crippen molar-refractivity contribution in [3.05, 3.63) is 59.7 Å². The molecule has 0 aliphatic heterocycles. The number of hydrogen-bond donors (Lipinski definition) is 3. The molecular formula is C27H32N2O5. The number of carbonyl (C=O) groups is 3. The zero-order chi connectivity index (χ0) is 24.2.